The fourth-order valence-electron chi connectivity index (χ4n) is 2.46. The lowest BCUT2D eigenvalue weighted by atomic mass is 10.0. The maximum absolute atomic E-state index is 12.4. The van der Waals surface area contributed by atoms with E-state index in [1.54, 1.807) is 0 Å². The van der Waals surface area contributed by atoms with Gasteiger partial charge in [-0.05, 0) is 37.8 Å². The number of hydrogen-bond acceptors (Lipinski definition) is 2. The van der Waals surface area contributed by atoms with Crippen LogP contribution in [0.5, 0.6) is 0 Å². The normalized spacial score (nSPS) is 11.0. The largest absolute Gasteiger partial charge is 0.348 e. The fraction of sp³-hybridized carbons (Fsp3) is 0.412. The van der Waals surface area contributed by atoms with Crippen molar-refractivity contribution >= 4 is 5.91 Å². The SMILES string of the molecule is Cc1ccc(CNC(=O)c2c(C(C)C)n[nH]c2C)c(C)c1. The quantitative estimate of drug-likeness (QED) is 0.904. The van der Waals surface area contributed by atoms with E-state index in [1.807, 2.05) is 20.8 Å². The lowest BCUT2D eigenvalue weighted by molar-refractivity contribution is 0.0949. The Morgan fingerprint density at radius 1 is 1.29 bits per heavy atom. The van der Waals surface area contributed by atoms with Gasteiger partial charge in [-0.15, -0.1) is 0 Å². The van der Waals surface area contributed by atoms with Crippen LogP contribution in [0.3, 0.4) is 0 Å². The van der Waals surface area contributed by atoms with Gasteiger partial charge in [-0.2, -0.15) is 5.10 Å². The summed E-state index contributed by atoms with van der Waals surface area (Å²) in [5, 5.41) is 10.1. The minimum atomic E-state index is -0.0649. The molecule has 21 heavy (non-hydrogen) atoms. The maximum atomic E-state index is 12.4. The number of hydrogen-bond donors (Lipinski definition) is 2. The summed E-state index contributed by atoms with van der Waals surface area (Å²) >= 11 is 0. The zero-order chi connectivity index (χ0) is 15.6. The van der Waals surface area contributed by atoms with Crippen molar-refractivity contribution in [3.05, 3.63) is 51.8 Å². The molecule has 2 N–H and O–H groups in total. The average Bonchev–Trinajstić information content (AvgIpc) is 2.79. The van der Waals surface area contributed by atoms with Crippen molar-refractivity contribution in [3.63, 3.8) is 0 Å². The topological polar surface area (TPSA) is 57.8 Å². The van der Waals surface area contributed by atoms with Crippen LogP contribution >= 0.6 is 0 Å². The number of carbonyl (C=O) groups is 1. The van der Waals surface area contributed by atoms with E-state index in [2.05, 4.69) is 47.6 Å². The second-order valence-corrected chi connectivity index (χ2v) is 5.88. The minimum Gasteiger partial charge on any atom is -0.348 e. The van der Waals surface area contributed by atoms with Gasteiger partial charge in [-0.3, -0.25) is 9.89 Å². The first-order chi connectivity index (χ1) is 9.90. The van der Waals surface area contributed by atoms with Gasteiger partial charge in [0.2, 0.25) is 0 Å². The van der Waals surface area contributed by atoms with Crippen LogP contribution in [0.1, 0.15) is 58.2 Å². The summed E-state index contributed by atoms with van der Waals surface area (Å²) in [4.78, 5) is 12.4. The van der Waals surface area contributed by atoms with Crippen LogP contribution in [-0.2, 0) is 6.54 Å². The van der Waals surface area contributed by atoms with Gasteiger partial charge < -0.3 is 5.32 Å². The molecule has 0 aliphatic rings. The number of nitrogens with zero attached hydrogens (tertiary/aromatic N) is 1. The van der Waals surface area contributed by atoms with Crippen LogP contribution in [0, 0.1) is 20.8 Å². The Labute approximate surface area is 126 Å². The van der Waals surface area contributed by atoms with Gasteiger partial charge in [0.1, 0.15) is 0 Å². The highest BCUT2D eigenvalue weighted by molar-refractivity contribution is 5.96. The highest BCUT2D eigenvalue weighted by atomic mass is 16.1. The third-order valence-corrected chi connectivity index (χ3v) is 3.69. The molecule has 1 amide bonds. The first-order valence-corrected chi connectivity index (χ1v) is 7.29. The minimum absolute atomic E-state index is 0.0649. The molecule has 0 atom stereocenters. The van der Waals surface area contributed by atoms with E-state index in [1.165, 1.54) is 11.1 Å². The Morgan fingerprint density at radius 2 is 2.00 bits per heavy atom. The Kier molecular flexibility index (Phi) is 4.46. The van der Waals surface area contributed by atoms with Gasteiger partial charge in [0.05, 0.1) is 11.3 Å². The smallest absolute Gasteiger partial charge is 0.255 e. The van der Waals surface area contributed by atoms with E-state index in [9.17, 15) is 4.79 Å². The number of rotatable bonds is 4. The van der Waals surface area contributed by atoms with Gasteiger partial charge in [-0.1, -0.05) is 37.6 Å². The van der Waals surface area contributed by atoms with Gasteiger partial charge in [0.25, 0.3) is 5.91 Å². The molecule has 0 aliphatic heterocycles. The lowest BCUT2D eigenvalue weighted by Gasteiger charge is -2.10. The molecular formula is C17H23N3O. The van der Waals surface area contributed by atoms with E-state index in [-0.39, 0.29) is 11.8 Å². The zero-order valence-electron chi connectivity index (χ0n) is 13.4. The molecule has 0 saturated heterocycles. The van der Waals surface area contributed by atoms with Gasteiger partial charge >= 0.3 is 0 Å². The summed E-state index contributed by atoms with van der Waals surface area (Å²) in [5.41, 5.74) is 5.89. The molecule has 0 fully saturated rings. The first-order valence-electron chi connectivity index (χ1n) is 7.29. The van der Waals surface area contributed by atoms with Crippen molar-refractivity contribution in [1.29, 1.82) is 0 Å². The fourth-order valence-corrected chi connectivity index (χ4v) is 2.46. The third-order valence-electron chi connectivity index (χ3n) is 3.69. The zero-order valence-corrected chi connectivity index (χ0v) is 13.4. The van der Waals surface area contributed by atoms with Crippen LogP contribution in [-0.4, -0.2) is 16.1 Å². The summed E-state index contributed by atoms with van der Waals surface area (Å²) in [5.74, 6) is 0.154. The number of benzene rings is 1. The van der Waals surface area contributed by atoms with Crippen LogP contribution in [0.25, 0.3) is 0 Å². The number of aromatic amines is 1. The molecule has 0 spiro atoms. The molecule has 0 radical (unpaired) electrons. The first kappa shape index (κ1) is 15.3. The molecule has 1 aromatic heterocycles. The summed E-state index contributed by atoms with van der Waals surface area (Å²) in [6.45, 7) is 10.6. The second-order valence-electron chi connectivity index (χ2n) is 5.88. The number of aryl methyl sites for hydroxylation is 3. The molecule has 0 unspecified atom stereocenters. The second kappa shape index (κ2) is 6.12. The lowest BCUT2D eigenvalue weighted by Crippen LogP contribution is -2.24. The van der Waals surface area contributed by atoms with Crippen molar-refractivity contribution in [2.24, 2.45) is 0 Å². The van der Waals surface area contributed by atoms with Crippen LogP contribution in [0.4, 0.5) is 0 Å². The molecule has 1 heterocycles. The molecule has 2 rings (SSSR count). The van der Waals surface area contributed by atoms with Crippen LogP contribution in [0.2, 0.25) is 0 Å². The van der Waals surface area contributed by atoms with E-state index < -0.39 is 0 Å². The van der Waals surface area contributed by atoms with E-state index >= 15 is 0 Å². The predicted octanol–water partition coefficient (Wildman–Crippen LogP) is 3.39. The number of aromatic nitrogens is 2. The number of H-pyrrole nitrogens is 1. The summed E-state index contributed by atoms with van der Waals surface area (Å²) in [6.07, 6.45) is 0. The van der Waals surface area contributed by atoms with E-state index in [4.69, 9.17) is 0 Å². The van der Waals surface area contributed by atoms with Gasteiger partial charge in [-0.25, -0.2) is 0 Å². The Balaban J connectivity index is 2.14. The molecule has 112 valence electrons. The van der Waals surface area contributed by atoms with Crippen molar-refractivity contribution in [2.75, 3.05) is 0 Å². The van der Waals surface area contributed by atoms with Gasteiger partial charge in [0.15, 0.2) is 0 Å². The summed E-state index contributed by atoms with van der Waals surface area (Å²) in [7, 11) is 0. The molecule has 4 heteroatoms. The van der Waals surface area contributed by atoms with Crippen LogP contribution < -0.4 is 5.32 Å². The van der Waals surface area contributed by atoms with Crippen molar-refractivity contribution < 1.29 is 4.79 Å². The van der Waals surface area contributed by atoms with Gasteiger partial charge in [0, 0.05) is 12.2 Å². The summed E-state index contributed by atoms with van der Waals surface area (Å²) < 4.78 is 0. The predicted molar refractivity (Wildman–Crippen MR) is 84.5 cm³/mol. The summed E-state index contributed by atoms with van der Waals surface area (Å²) in [6, 6.07) is 6.26. The number of nitrogens with one attached hydrogen (secondary N) is 2. The van der Waals surface area contributed by atoms with E-state index in [0.717, 1.165) is 17.0 Å². The Hall–Kier alpha value is -2.10. The highest BCUT2D eigenvalue weighted by Gasteiger charge is 2.19. The number of amides is 1. The molecule has 0 saturated carbocycles. The Morgan fingerprint density at radius 3 is 2.62 bits per heavy atom. The molecule has 1 aromatic carbocycles. The van der Waals surface area contributed by atoms with Crippen LogP contribution in [0.15, 0.2) is 18.2 Å². The highest BCUT2D eigenvalue weighted by Crippen LogP contribution is 2.19. The molecule has 2 aromatic rings. The monoisotopic (exact) mass is 285 g/mol. The van der Waals surface area contributed by atoms with Crippen molar-refractivity contribution in [1.82, 2.24) is 15.5 Å². The molecule has 4 nitrogen and oxygen atoms in total. The number of carbonyl (C=O) groups excluding carboxylic acids is 1. The standard InChI is InChI=1S/C17H23N3O/c1-10(2)16-15(13(5)19-20-16)17(21)18-9-14-7-6-11(3)8-12(14)4/h6-8,10H,9H2,1-5H3,(H,18,21)(H,19,20). The molecule has 0 bridgehead atoms. The Bertz CT molecular complexity index is 656. The average molecular weight is 285 g/mol. The van der Waals surface area contributed by atoms with Crippen molar-refractivity contribution in [3.8, 4) is 0 Å². The van der Waals surface area contributed by atoms with Crippen molar-refractivity contribution in [2.45, 2.75) is 47.1 Å². The molecule has 0 aliphatic carbocycles. The molecular weight excluding hydrogens is 262 g/mol. The van der Waals surface area contributed by atoms with E-state index in [0.29, 0.717) is 12.1 Å². The third kappa shape index (κ3) is 3.32. The maximum Gasteiger partial charge on any atom is 0.255 e.